The van der Waals surface area contributed by atoms with Crippen LogP contribution >= 0.6 is 0 Å². The molecular formula is C17H16O2. The molecule has 96 valence electrons. The quantitative estimate of drug-likeness (QED) is 0.646. The third-order valence-electron chi connectivity index (χ3n) is 3.96. The molecule has 19 heavy (non-hydrogen) atoms. The monoisotopic (exact) mass is 252 g/mol. The van der Waals surface area contributed by atoms with Gasteiger partial charge in [0.05, 0.1) is 6.10 Å². The summed E-state index contributed by atoms with van der Waals surface area (Å²) in [5.41, 5.74) is 1.82. The Hall–Kier alpha value is -1.96. The summed E-state index contributed by atoms with van der Waals surface area (Å²) in [5.74, 6) is 0.889. The SMILES string of the molecule is c1ccc2c(c1)oc1c(OC3CCCC3)cccc12. The average molecular weight is 252 g/mol. The summed E-state index contributed by atoms with van der Waals surface area (Å²) in [5, 5.41) is 2.31. The summed E-state index contributed by atoms with van der Waals surface area (Å²) in [6.45, 7) is 0. The van der Waals surface area contributed by atoms with E-state index in [1.807, 2.05) is 24.3 Å². The predicted molar refractivity (Wildman–Crippen MR) is 76.6 cm³/mol. The second-order valence-electron chi connectivity index (χ2n) is 5.26. The largest absolute Gasteiger partial charge is 0.486 e. The molecule has 1 saturated carbocycles. The maximum Gasteiger partial charge on any atom is 0.177 e. The molecule has 0 amide bonds. The van der Waals surface area contributed by atoms with Crippen molar-refractivity contribution in [2.45, 2.75) is 31.8 Å². The van der Waals surface area contributed by atoms with Gasteiger partial charge < -0.3 is 9.15 Å². The Balaban J connectivity index is 1.86. The summed E-state index contributed by atoms with van der Waals surface area (Å²) in [6.07, 6.45) is 5.24. The first-order valence-corrected chi connectivity index (χ1v) is 6.99. The van der Waals surface area contributed by atoms with Crippen LogP contribution in [0.4, 0.5) is 0 Å². The number of furan rings is 1. The molecule has 0 N–H and O–H groups in total. The Bertz CT molecular complexity index is 720. The van der Waals surface area contributed by atoms with Crippen molar-refractivity contribution in [2.75, 3.05) is 0 Å². The average Bonchev–Trinajstić information content (AvgIpc) is 3.06. The molecule has 0 bridgehead atoms. The Morgan fingerprint density at radius 3 is 2.58 bits per heavy atom. The molecule has 2 nitrogen and oxygen atoms in total. The van der Waals surface area contributed by atoms with Crippen molar-refractivity contribution >= 4 is 21.9 Å². The lowest BCUT2D eigenvalue weighted by atomic mass is 10.1. The zero-order valence-corrected chi connectivity index (χ0v) is 10.8. The Morgan fingerprint density at radius 2 is 1.68 bits per heavy atom. The van der Waals surface area contributed by atoms with Crippen molar-refractivity contribution in [2.24, 2.45) is 0 Å². The molecular weight excluding hydrogens is 236 g/mol. The first kappa shape index (κ1) is 10.9. The number of benzene rings is 2. The van der Waals surface area contributed by atoms with E-state index in [4.69, 9.17) is 9.15 Å². The molecule has 4 rings (SSSR count). The van der Waals surface area contributed by atoms with E-state index < -0.39 is 0 Å². The molecule has 2 heteroatoms. The minimum atomic E-state index is 0.360. The minimum Gasteiger partial charge on any atom is -0.486 e. The van der Waals surface area contributed by atoms with Gasteiger partial charge in [-0.25, -0.2) is 0 Å². The van der Waals surface area contributed by atoms with Crippen LogP contribution in [0.1, 0.15) is 25.7 Å². The van der Waals surface area contributed by atoms with Crippen LogP contribution in [0, 0.1) is 0 Å². The van der Waals surface area contributed by atoms with E-state index in [0.29, 0.717) is 6.10 Å². The zero-order valence-electron chi connectivity index (χ0n) is 10.8. The van der Waals surface area contributed by atoms with Gasteiger partial charge in [-0.3, -0.25) is 0 Å². The summed E-state index contributed by atoms with van der Waals surface area (Å²) >= 11 is 0. The van der Waals surface area contributed by atoms with Gasteiger partial charge in [-0.2, -0.15) is 0 Å². The molecule has 1 heterocycles. The van der Waals surface area contributed by atoms with E-state index in [-0.39, 0.29) is 0 Å². The van der Waals surface area contributed by atoms with Gasteiger partial charge in [-0.05, 0) is 37.8 Å². The van der Waals surface area contributed by atoms with Crippen molar-refractivity contribution in [3.8, 4) is 5.75 Å². The van der Waals surface area contributed by atoms with Crippen LogP contribution in [0.15, 0.2) is 46.9 Å². The maximum absolute atomic E-state index is 6.12. The molecule has 1 aliphatic carbocycles. The second-order valence-corrected chi connectivity index (χ2v) is 5.26. The lowest BCUT2D eigenvalue weighted by Gasteiger charge is -2.12. The highest BCUT2D eigenvalue weighted by Gasteiger charge is 2.19. The Labute approximate surface area is 112 Å². The van der Waals surface area contributed by atoms with Gasteiger partial charge >= 0.3 is 0 Å². The molecule has 1 aromatic heterocycles. The highest BCUT2D eigenvalue weighted by atomic mass is 16.5. The number of para-hydroxylation sites is 2. The maximum atomic E-state index is 6.12. The molecule has 0 radical (unpaired) electrons. The van der Waals surface area contributed by atoms with Crippen LogP contribution in [-0.2, 0) is 0 Å². The summed E-state index contributed by atoms with van der Waals surface area (Å²) in [7, 11) is 0. The predicted octanol–water partition coefficient (Wildman–Crippen LogP) is 4.91. The van der Waals surface area contributed by atoms with Crippen LogP contribution in [0.5, 0.6) is 5.75 Å². The van der Waals surface area contributed by atoms with Crippen molar-refractivity contribution in [1.82, 2.24) is 0 Å². The fourth-order valence-corrected chi connectivity index (χ4v) is 3.00. The fraction of sp³-hybridized carbons (Fsp3) is 0.294. The van der Waals surface area contributed by atoms with Gasteiger partial charge in [-0.1, -0.05) is 30.3 Å². The number of ether oxygens (including phenoxy) is 1. The molecule has 1 fully saturated rings. The molecule has 0 spiro atoms. The van der Waals surface area contributed by atoms with Crippen molar-refractivity contribution in [3.05, 3.63) is 42.5 Å². The van der Waals surface area contributed by atoms with E-state index in [0.717, 1.165) is 40.5 Å². The molecule has 0 aliphatic heterocycles. The first-order chi connectivity index (χ1) is 9.42. The minimum absolute atomic E-state index is 0.360. The Morgan fingerprint density at radius 1 is 0.895 bits per heavy atom. The molecule has 0 atom stereocenters. The van der Waals surface area contributed by atoms with Crippen LogP contribution < -0.4 is 4.74 Å². The zero-order chi connectivity index (χ0) is 12.7. The van der Waals surface area contributed by atoms with Crippen LogP contribution in [0.3, 0.4) is 0 Å². The van der Waals surface area contributed by atoms with Crippen LogP contribution in [0.2, 0.25) is 0 Å². The first-order valence-electron chi connectivity index (χ1n) is 6.99. The van der Waals surface area contributed by atoms with Gasteiger partial charge in [0, 0.05) is 10.8 Å². The highest BCUT2D eigenvalue weighted by molar-refractivity contribution is 6.06. The van der Waals surface area contributed by atoms with Gasteiger partial charge in [0.2, 0.25) is 0 Å². The van der Waals surface area contributed by atoms with Crippen molar-refractivity contribution < 1.29 is 9.15 Å². The van der Waals surface area contributed by atoms with E-state index in [2.05, 4.69) is 18.2 Å². The number of hydrogen-bond acceptors (Lipinski definition) is 2. The number of fused-ring (bicyclic) bond motifs is 3. The highest BCUT2D eigenvalue weighted by Crippen LogP contribution is 2.36. The standard InChI is InChI=1S/C17H16O2/c1-2-7-12(6-1)18-16-11-5-9-14-13-8-3-4-10-15(13)19-17(14)16/h3-5,8-12H,1-2,6-7H2. The van der Waals surface area contributed by atoms with E-state index in [1.165, 1.54) is 12.8 Å². The van der Waals surface area contributed by atoms with Gasteiger partial charge in [0.1, 0.15) is 5.58 Å². The molecule has 1 aliphatic rings. The van der Waals surface area contributed by atoms with Gasteiger partial charge in [0.25, 0.3) is 0 Å². The molecule has 3 aromatic rings. The third kappa shape index (κ3) is 1.79. The summed E-state index contributed by atoms with van der Waals surface area (Å²) < 4.78 is 12.1. The van der Waals surface area contributed by atoms with E-state index in [9.17, 15) is 0 Å². The lowest BCUT2D eigenvalue weighted by molar-refractivity contribution is 0.210. The van der Waals surface area contributed by atoms with Gasteiger partial charge in [-0.15, -0.1) is 0 Å². The fourth-order valence-electron chi connectivity index (χ4n) is 3.00. The van der Waals surface area contributed by atoms with Gasteiger partial charge in [0.15, 0.2) is 11.3 Å². The lowest BCUT2D eigenvalue weighted by Crippen LogP contribution is -2.10. The molecule has 0 unspecified atom stereocenters. The molecule has 0 saturated heterocycles. The van der Waals surface area contributed by atoms with Crippen LogP contribution in [-0.4, -0.2) is 6.10 Å². The topological polar surface area (TPSA) is 22.4 Å². The second kappa shape index (κ2) is 4.30. The summed E-state index contributed by atoms with van der Waals surface area (Å²) in [4.78, 5) is 0. The van der Waals surface area contributed by atoms with E-state index in [1.54, 1.807) is 0 Å². The van der Waals surface area contributed by atoms with E-state index >= 15 is 0 Å². The summed E-state index contributed by atoms with van der Waals surface area (Å²) in [6, 6.07) is 14.3. The number of rotatable bonds is 2. The molecule has 2 aromatic carbocycles. The van der Waals surface area contributed by atoms with Crippen molar-refractivity contribution in [3.63, 3.8) is 0 Å². The Kier molecular flexibility index (Phi) is 2.47. The smallest absolute Gasteiger partial charge is 0.177 e. The van der Waals surface area contributed by atoms with Crippen molar-refractivity contribution in [1.29, 1.82) is 0 Å². The normalized spacial score (nSPS) is 16.4. The van der Waals surface area contributed by atoms with Crippen LogP contribution in [0.25, 0.3) is 21.9 Å². The third-order valence-corrected chi connectivity index (χ3v) is 3.96. The number of hydrogen-bond donors (Lipinski definition) is 0.